The maximum atomic E-state index is 8.31. The summed E-state index contributed by atoms with van der Waals surface area (Å²) in [5.41, 5.74) is 2.16. The van der Waals surface area contributed by atoms with Crippen LogP contribution >= 0.6 is 0 Å². The van der Waals surface area contributed by atoms with Crippen LogP contribution in [0.4, 0.5) is 0 Å². The summed E-state index contributed by atoms with van der Waals surface area (Å²) < 4.78 is 4.98. The fourth-order valence-electron chi connectivity index (χ4n) is 1.03. The largest absolute Gasteiger partial charge is 0.380 e. The first kappa shape index (κ1) is 9.50. The van der Waals surface area contributed by atoms with Crippen LogP contribution in [0.15, 0.2) is 30.3 Å². The van der Waals surface area contributed by atoms with Crippen LogP contribution in [0.2, 0.25) is 0 Å². The van der Waals surface area contributed by atoms with Crippen LogP contribution in [0.1, 0.15) is 11.1 Å². The number of allylic oxidation sites excluding steroid dienone is 1. The molecule has 66 valence electrons. The minimum Gasteiger partial charge on any atom is -0.380 e. The van der Waals surface area contributed by atoms with Gasteiger partial charge in [-0.2, -0.15) is 5.26 Å². The lowest BCUT2D eigenvalue weighted by Crippen LogP contribution is -1.86. The molecule has 0 spiro atoms. The van der Waals surface area contributed by atoms with Crippen LogP contribution in [0.3, 0.4) is 0 Å². The Bertz CT molecular complexity index is 319. The van der Waals surface area contributed by atoms with E-state index in [0.29, 0.717) is 6.61 Å². The van der Waals surface area contributed by atoms with Crippen molar-refractivity contribution >= 4 is 6.08 Å². The molecule has 0 saturated heterocycles. The van der Waals surface area contributed by atoms with Gasteiger partial charge < -0.3 is 4.74 Å². The molecule has 13 heavy (non-hydrogen) atoms. The first-order valence-corrected chi connectivity index (χ1v) is 4.01. The van der Waals surface area contributed by atoms with E-state index in [1.807, 2.05) is 30.3 Å². The fourth-order valence-corrected chi connectivity index (χ4v) is 1.03. The third-order valence-corrected chi connectivity index (χ3v) is 1.64. The Morgan fingerprint density at radius 2 is 2.08 bits per heavy atom. The molecule has 0 amide bonds. The zero-order chi connectivity index (χ0) is 9.52. The molecule has 0 aliphatic carbocycles. The Morgan fingerprint density at radius 1 is 1.38 bits per heavy atom. The van der Waals surface area contributed by atoms with Crippen LogP contribution in [-0.4, -0.2) is 7.11 Å². The van der Waals surface area contributed by atoms with Crippen LogP contribution in [0, 0.1) is 11.3 Å². The predicted molar refractivity (Wildman–Crippen MR) is 51.8 cm³/mol. The van der Waals surface area contributed by atoms with E-state index >= 15 is 0 Å². The molecule has 1 rings (SSSR count). The number of benzene rings is 1. The first-order chi connectivity index (χ1) is 6.36. The molecule has 0 radical (unpaired) electrons. The highest BCUT2D eigenvalue weighted by molar-refractivity contribution is 5.51. The first-order valence-electron chi connectivity index (χ1n) is 4.01. The van der Waals surface area contributed by atoms with Crippen LogP contribution in [-0.2, 0) is 11.3 Å². The topological polar surface area (TPSA) is 33.0 Å². The van der Waals surface area contributed by atoms with Crippen molar-refractivity contribution in [3.63, 3.8) is 0 Å². The molecule has 0 atom stereocenters. The van der Waals surface area contributed by atoms with E-state index in [1.54, 1.807) is 13.2 Å². The molecule has 0 unspecified atom stereocenters. The van der Waals surface area contributed by atoms with Gasteiger partial charge in [0.1, 0.15) is 0 Å². The van der Waals surface area contributed by atoms with E-state index in [-0.39, 0.29) is 0 Å². The Hall–Kier alpha value is -1.59. The second-order valence-corrected chi connectivity index (χ2v) is 2.64. The highest BCUT2D eigenvalue weighted by Gasteiger charge is 1.90. The number of nitrogens with zero attached hydrogens (tertiary/aromatic N) is 1. The predicted octanol–water partition coefficient (Wildman–Crippen LogP) is 2.37. The van der Waals surface area contributed by atoms with Crippen molar-refractivity contribution in [3.8, 4) is 6.07 Å². The summed E-state index contributed by atoms with van der Waals surface area (Å²) in [6.07, 6.45) is 3.24. The molecule has 0 aliphatic heterocycles. The summed E-state index contributed by atoms with van der Waals surface area (Å²) in [5.74, 6) is 0. The number of nitriles is 1. The molecule has 1 aromatic rings. The number of ether oxygens (including phenoxy) is 1. The van der Waals surface area contributed by atoms with Gasteiger partial charge in [0.25, 0.3) is 0 Å². The van der Waals surface area contributed by atoms with Crippen LogP contribution in [0.5, 0.6) is 0 Å². The molecule has 0 heterocycles. The molecule has 0 fully saturated rings. The minimum absolute atomic E-state index is 0.627. The third kappa shape index (κ3) is 3.10. The summed E-state index contributed by atoms with van der Waals surface area (Å²) in [6.45, 7) is 0.627. The molecule has 0 saturated carbocycles. The van der Waals surface area contributed by atoms with Crippen LogP contribution < -0.4 is 0 Å². The van der Waals surface area contributed by atoms with Gasteiger partial charge in [0.2, 0.25) is 0 Å². The van der Waals surface area contributed by atoms with Crippen molar-refractivity contribution in [1.82, 2.24) is 0 Å². The summed E-state index contributed by atoms with van der Waals surface area (Å²) in [4.78, 5) is 0. The van der Waals surface area contributed by atoms with E-state index in [0.717, 1.165) is 11.1 Å². The molecule has 0 aromatic heterocycles. The number of rotatable bonds is 3. The number of hydrogen-bond donors (Lipinski definition) is 0. The number of methoxy groups -OCH3 is 1. The quantitative estimate of drug-likeness (QED) is 0.657. The van der Waals surface area contributed by atoms with Crippen molar-refractivity contribution in [3.05, 3.63) is 41.5 Å². The molecule has 2 nitrogen and oxygen atoms in total. The van der Waals surface area contributed by atoms with Crippen molar-refractivity contribution < 1.29 is 4.74 Å². The van der Waals surface area contributed by atoms with E-state index in [4.69, 9.17) is 10.00 Å². The summed E-state index contributed by atoms with van der Waals surface area (Å²) in [5, 5.41) is 8.31. The Balaban J connectivity index is 2.70. The summed E-state index contributed by atoms with van der Waals surface area (Å²) in [7, 11) is 1.67. The van der Waals surface area contributed by atoms with Gasteiger partial charge in [-0.15, -0.1) is 0 Å². The Morgan fingerprint density at radius 3 is 2.62 bits per heavy atom. The summed E-state index contributed by atoms with van der Waals surface area (Å²) in [6, 6.07) is 9.85. The Labute approximate surface area is 78.1 Å². The molecule has 0 bridgehead atoms. The van der Waals surface area contributed by atoms with Gasteiger partial charge in [0.15, 0.2) is 0 Å². The van der Waals surface area contributed by atoms with Gasteiger partial charge in [-0.1, -0.05) is 24.3 Å². The van der Waals surface area contributed by atoms with Gasteiger partial charge in [0, 0.05) is 13.2 Å². The number of hydrogen-bond acceptors (Lipinski definition) is 2. The van der Waals surface area contributed by atoms with Crippen molar-refractivity contribution in [2.45, 2.75) is 6.61 Å². The molecular weight excluding hydrogens is 162 g/mol. The fraction of sp³-hybridized carbons (Fsp3) is 0.182. The minimum atomic E-state index is 0.627. The van der Waals surface area contributed by atoms with E-state index in [1.165, 1.54) is 6.08 Å². The van der Waals surface area contributed by atoms with E-state index < -0.39 is 0 Å². The molecule has 2 heteroatoms. The maximum absolute atomic E-state index is 8.31. The van der Waals surface area contributed by atoms with Crippen molar-refractivity contribution in [1.29, 1.82) is 5.26 Å². The van der Waals surface area contributed by atoms with Gasteiger partial charge in [-0.05, 0) is 17.2 Å². The lowest BCUT2D eigenvalue weighted by atomic mass is 10.1. The molecular formula is C11H11NO. The lowest BCUT2D eigenvalue weighted by molar-refractivity contribution is 0.185. The summed E-state index contributed by atoms with van der Waals surface area (Å²) >= 11 is 0. The van der Waals surface area contributed by atoms with Crippen LogP contribution in [0.25, 0.3) is 6.08 Å². The average molecular weight is 173 g/mol. The maximum Gasteiger partial charge on any atom is 0.0912 e. The molecule has 0 N–H and O–H groups in total. The monoisotopic (exact) mass is 173 g/mol. The van der Waals surface area contributed by atoms with Gasteiger partial charge in [-0.3, -0.25) is 0 Å². The zero-order valence-electron chi connectivity index (χ0n) is 7.53. The van der Waals surface area contributed by atoms with Crippen molar-refractivity contribution in [2.24, 2.45) is 0 Å². The standard InChI is InChI=1S/C11H11NO/c1-13-9-11-6-4-10(5-7-11)3-2-8-12/h2-7H,9H2,1H3/b3-2+. The van der Waals surface area contributed by atoms with Gasteiger partial charge >= 0.3 is 0 Å². The lowest BCUT2D eigenvalue weighted by Gasteiger charge is -1.98. The van der Waals surface area contributed by atoms with E-state index in [2.05, 4.69) is 0 Å². The third-order valence-electron chi connectivity index (χ3n) is 1.64. The smallest absolute Gasteiger partial charge is 0.0912 e. The van der Waals surface area contributed by atoms with E-state index in [9.17, 15) is 0 Å². The highest BCUT2D eigenvalue weighted by atomic mass is 16.5. The average Bonchev–Trinajstić information content (AvgIpc) is 2.17. The highest BCUT2D eigenvalue weighted by Crippen LogP contribution is 2.06. The Kier molecular flexibility index (Phi) is 3.74. The van der Waals surface area contributed by atoms with Gasteiger partial charge in [-0.25, -0.2) is 0 Å². The second kappa shape index (κ2) is 5.13. The molecule has 1 aromatic carbocycles. The van der Waals surface area contributed by atoms with Crippen molar-refractivity contribution in [2.75, 3.05) is 7.11 Å². The second-order valence-electron chi connectivity index (χ2n) is 2.64. The molecule has 0 aliphatic rings. The zero-order valence-corrected chi connectivity index (χ0v) is 7.53. The normalized spacial score (nSPS) is 10.2. The van der Waals surface area contributed by atoms with Gasteiger partial charge in [0.05, 0.1) is 12.7 Å². The SMILES string of the molecule is COCc1ccc(/C=C/C#N)cc1.